The number of hydrogen-bond acceptors (Lipinski definition) is 2. The Morgan fingerprint density at radius 3 is 2.21 bits per heavy atom. The first-order valence-electron chi connectivity index (χ1n) is 6.07. The largest absolute Gasteiger partial charge is 0.344 e. The van der Waals surface area contributed by atoms with Gasteiger partial charge in [0.1, 0.15) is 0 Å². The van der Waals surface area contributed by atoms with E-state index in [1.807, 2.05) is 0 Å². The van der Waals surface area contributed by atoms with Crippen LogP contribution in [0.3, 0.4) is 0 Å². The fraction of sp³-hybridized carbons (Fsp3) is 0.125. The lowest BCUT2D eigenvalue weighted by Crippen LogP contribution is -1.89. The Morgan fingerprint density at radius 1 is 0.842 bits per heavy atom. The quantitative estimate of drug-likeness (QED) is 0.713. The summed E-state index contributed by atoms with van der Waals surface area (Å²) in [5.41, 5.74) is 3.99. The topological polar surface area (TPSA) is 39.9 Å². The van der Waals surface area contributed by atoms with Gasteiger partial charge in [-0.3, -0.25) is 3.97 Å². The standard InChI is InChI=1S/C16H15NS.H3N/c1-12-13(2)17(16-11-7-6-10-15(12)16)18-14-8-4-3-5-9-14;/h3-11H,1-2H3;1H3. The summed E-state index contributed by atoms with van der Waals surface area (Å²) in [5, 5.41) is 1.35. The van der Waals surface area contributed by atoms with E-state index in [1.54, 1.807) is 11.9 Å². The lowest BCUT2D eigenvalue weighted by atomic mass is 10.2. The van der Waals surface area contributed by atoms with E-state index in [-0.39, 0.29) is 6.15 Å². The molecule has 3 heteroatoms. The van der Waals surface area contributed by atoms with Gasteiger partial charge >= 0.3 is 0 Å². The van der Waals surface area contributed by atoms with E-state index in [4.69, 9.17) is 0 Å². The van der Waals surface area contributed by atoms with Gasteiger partial charge in [0.25, 0.3) is 0 Å². The van der Waals surface area contributed by atoms with Crippen molar-refractivity contribution in [1.29, 1.82) is 0 Å². The molecule has 0 atom stereocenters. The molecule has 3 N–H and O–H groups in total. The number of fused-ring (bicyclic) bond motifs is 1. The summed E-state index contributed by atoms with van der Waals surface area (Å²) >= 11 is 1.78. The van der Waals surface area contributed by atoms with Crippen LogP contribution in [0.4, 0.5) is 0 Å². The molecular formula is C16H18N2S. The van der Waals surface area contributed by atoms with E-state index in [2.05, 4.69) is 72.4 Å². The highest BCUT2D eigenvalue weighted by molar-refractivity contribution is 7.98. The number of nitrogens with zero attached hydrogens (tertiary/aromatic N) is 1. The summed E-state index contributed by atoms with van der Waals surface area (Å²) in [7, 11) is 0. The minimum atomic E-state index is 0. The van der Waals surface area contributed by atoms with Crippen molar-refractivity contribution in [3.63, 3.8) is 0 Å². The number of benzene rings is 2. The van der Waals surface area contributed by atoms with E-state index in [1.165, 1.54) is 27.1 Å². The Morgan fingerprint density at radius 2 is 1.47 bits per heavy atom. The molecule has 1 aromatic heterocycles. The fourth-order valence-electron chi connectivity index (χ4n) is 2.20. The first-order valence-corrected chi connectivity index (χ1v) is 6.85. The predicted octanol–water partition coefficient (Wildman–Crippen LogP) is 4.98. The normalized spacial score (nSPS) is 10.4. The van der Waals surface area contributed by atoms with Crippen LogP contribution in [0.1, 0.15) is 11.3 Å². The Balaban J connectivity index is 0.00000133. The second-order valence-electron chi connectivity index (χ2n) is 4.43. The summed E-state index contributed by atoms with van der Waals surface area (Å²) in [6.45, 7) is 4.38. The monoisotopic (exact) mass is 270 g/mol. The number of aromatic nitrogens is 1. The minimum absolute atomic E-state index is 0. The maximum atomic E-state index is 2.32. The summed E-state index contributed by atoms with van der Waals surface area (Å²) in [6, 6.07) is 19.1. The molecule has 0 amide bonds. The Kier molecular flexibility index (Phi) is 3.98. The highest BCUT2D eigenvalue weighted by Crippen LogP contribution is 2.32. The van der Waals surface area contributed by atoms with Crippen molar-refractivity contribution in [3.05, 3.63) is 65.9 Å². The van der Waals surface area contributed by atoms with Gasteiger partial charge in [-0.25, -0.2) is 0 Å². The lowest BCUT2D eigenvalue weighted by Gasteiger charge is -2.06. The van der Waals surface area contributed by atoms with Crippen LogP contribution in [0.15, 0.2) is 59.5 Å². The summed E-state index contributed by atoms with van der Waals surface area (Å²) < 4.78 is 2.32. The average Bonchev–Trinajstić information content (AvgIpc) is 2.66. The smallest absolute Gasteiger partial charge is 0.0600 e. The van der Waals surface area contributed by atoms with Gasteiger partial charge < -0.3 is 6.15 Å². The van der Waals surface area contributed by atoms with Crippen molar-refractivity contribution in [2.45, 2.75) is 18.7 Å². The van der Waals surface area contributed by atoms with Crippen molar-refractivity contribution in [3.8, 4) is 0 Å². The molecule has 0 aliphatic rings. The van der Waals surface area contributed by atoms with E-state index < -0.39 is 0 Å². The fourth-order valence-corrected chi connectivity index (χ4v) is 3.22. The molecule has 0 fully saturated rings. The maximum Gasteiger partial charge on any atom is 0.0600 e. The van der Waals surface area contributed by atoms with Gasteiger partial charge in [0.2, 0.25) is 0 Å². The third kappa shape index (κ3) is 2.39. The molecule has 0 spiro atoms. The second kappa shape index (κ2) is 5.51. The number of rotatable bonds is 2. The number of hydrogen-bond donors (Lipinski definition) is 1. The van der Waals surface area contributed by atoms with E-state index in [9.17, 15) is 0 Å². The molecule has 3 aromatic rings. The third-order valence-corrected chi connectivity index (χ3v) is 4.45. The first-order chi connectivity index (χ1) is 8.77. The Bertz CT molecular complexity index is 687. The molecule has 0 saturated carbocycles. The third-order valence-electron chi connectivity index (χ3n) is 3.31. The molecule has 0 aliphatic carbocycles. The molecule has 0 unspecified atom stereocenters. The molecule has 0 radical (unpaired) electrons. The molecule has 3 rings (SSSR count). The van der Waals surface area contributed by atoms with Gasteiger partial charge in [0.15, 0.2) is 0 Å². The van der Waals surface area contributed by atoms with Gasteiger partial charge in [0, 0.05) is 16.0 Å². The van der Waals surface area contributed by atoms with Crippen LogP contribution in [0.5, 0.6) is 0 Å². The van der Waals surface area contributed by atoms with Crippen molar-refractivity contribution < 1.29 is 0 Å². The molecule has 1 heterocycles. The Labute approximate surface area is 118 Å². The molecule has 2 nitrogen and oxygen atoms in total. The highest BCUT2D eigenvalue weighted by Gasteiger charge is 2.10. The van der Waals surface area contributed by atoms with Crippen LogP contribution in [-0.2, 0) is 0 Å². The van der Waals surface area contributed by atoms with Crippen molar-refractivity contribution in [2.24, 2.45) is 0 Å². The Hall–Kier alpha value is -1.71. The van der Waals surface area contributed by atoms with Crippen LogP contribution < -0.4 is 6.15 Å². The zero-order chi connectivity index (χ0) is 12.5. The molecule has 0 saturated heterocycles. The lowest BCUT2D eigenvalue weighted by molar-refractivity contribution is 1.18. The SMILES string of the molecule is Cc1c(C)n(Sc2ccccc2)c2ccccc12.N. The van der Waals surface area contributed by atoms with Crippen LogP contribution in [-0.4, -0.2) is 3.97 Å². The molecule has 98 valence electrons. The van der Waals surface area contributed by atoms with E-state index >= 15 is 0 Å². The average molecular weight is 270 g/mol. The van der Waals surface area contributed by atoms with Gasteiger partial charge in [-0.15, -0.1) is 0 Å². The van der Waals surface area contributed by atoms with Gasteiger partial charge in [-0.05, 0) is 49.6 Å². The first kappa shape index (κ1) is 13.7. The predicted molar refractivity (Wildman–Crippen MR) is 84.1 cm³/mol. The minimum Gasteiger partial charge on any atom is -0.344 e. The van der Waals surface area contributed by atoms with E-state index in [0.717, 1.165) is 0 Å². The van der Waals surface area contributed by atoms with Gasteiger partial charge in [0.05, 0.1) is 5.52 Å². The summed E-state index contributed by atoms with van der Waals surface area (Å²) in [4.78, 5) is 1.27. The van der Waals surface area contributed by atoms with Crippen LogP contribution in [0, 0.1) is 13.8 Å². The highest BCUT2D eigenvalue weighted by atomic mass is 32.2. The van der Waals surface area contributed by atoms with Gasteiger partial charge in [-0.2, -0.15) is 0 Å². The van der Waals surface area contributed by atoms with Crippen LogP contribution in [0.25, 0.3) is 10.9 Å². The summed E-state index contributed by atoms with van der Waals surface area (Å²) in [6.07, 6.45) is 0. The molecule has 19 heavy (non-hydrogen) atoms. The molecule has 0 aliphatic heterocycles. The number of para-hydroxylation sites is 1. The van der Waals surface area contributed by atoms with Crippen molar-refractivity contribution in [1.82, 2.24) is 10.1 Å². The van der Waals surface area contributed by atoms with Gasteiger partial charge in [-0.1, -0.05) is 36.4 Å². The van der Waals surface area contributed by atoms with Crippen LogP contribution >= 0.6 is 11.9 Å². The maximum absolute atomic E-state index is 2.32. The summed E-state index contributed by atoms with van der Waals surface area (Å²) in [5.74, 6) is 0. The van der Waals surface area contributed by atoms with Crippen molar-refractivity contribution >= 4 is 22.9 Å². The zero-order valence-electron chi connectivity index (χ0n) is 11.3. The number of aryl methyl sites for hydroxylation is 1. The van der Waals surface area contributed by atoms with Crippen molar-refractivity contribution in [2.75, 3.05) is 0 Å². The van der Waals surface area contributed by atoms with Crippen LogP contribution in [0.2, 0.25) is 0 Å². The molecular weight excluding hydrogens is 252 g/mol. The zero-order valence-corrected chi connectivity index (χ0v) is 12.1. The second-order valence-corrected chi connectivity index (χ2v) is 5.45. The van der Waals surface area contributed by atoms with E-state index in [0.29, 0.717) is 0 Å². The molecule has 2 aromatic carbocycles. The molecule has 0 bridgehead atoms.